The molecule has 0 aliphatic carbocycles. The number of alkyl halides is 3. The molecule has 19 heavy (non-hydrogen) atoms. The first-order valence-electron chi connectivity index (χ1n) is 5.63. The SMILES string of the molecule is CN(C)c1ccccc1NCC(=O)NCC(F)(F)F. The molecule has 0 spiro atoms. The second-order valence-electron chi connectivity index (χ2n) is 4.16. The lowest BCUT2D eigenvalue weighted by Crippen LogP contribution is -2.37. The molecule has 2 N–H and O–H groups in total. The van der Waals surface area contributed by atoms with Crippen molar-refractivity contribution in [3.05, 3.63) is 24.3 Å². The minimum Gasteiger partial charge on any atom is -0.376 e. The van der Waals surface area contributed by atoms with Crippen LogP contribution in [0.2, 0.25) is 0 Å². The van der Waals surface area contributed by atoms with Crippen molar-refractivity contribution in [1.29, 1.82) is 0 Å². The molecular weight excluding hydrogens is 259 g/mol. The Morgan fingerprint density at radius 1 is 1.26 bits per heavy atom. The fourth-order valence-corrected chi connectivity index (χ4v) is 1.45. The molecule has 1 aromatic carbocycles. The molecule has 0 saturated carbocycles. The van der Waals surface area contributed by atoms with Gasteiger partial charge in [-0.1, -0.05) is 12.1 Å². The van der Waals surface area contributed by atoms with E-state index in [0.717, 1.165) is 5.69 Å². The van der Waals surface area contributed by atoms with Gasteiger partial charge in [-0.2, -0.15) is 13.2 Å². The normalized spacial score (nSPS) is 11.0. The van der Waals surface area contributed by atoms with Crippen LogP contribution < -0.4 is 15.5 Å². The van der Waals surface area contributed by atoms with E-state index in [2.05, 4.69) is 5.32 Å². The highest BCUT2D eigenvalue weighted by Crippen LogP contribution is 2.22. The fraction of sp³-hybridized carbons (Fsp3) is 0.417. The van der Waals surface area contributed by atoms with E-state index in [4.69, 9.17) is 0 Å². The van der Waals surface area contributed by atoms with Gasteiger partial charge in [0.15, 0.2) is 0 Å². The van der Waals surface area contributed by atoms with Crippen molar-refractivity contribution in [2.45, 2.75) is 6.18 Å². The van der Waals surface area contributed by atoms with Gasteiger partial charge in [0.05, 0.1) is 17.9 Å². The maximum Gasteiger partial charge on any atom is 0.405 e. The lowest BCUT2D eigenvalue weighted by atomic mass is 10.2. The van der Waals surface area contributed by atoms with Gasteiger partial charge in [-0.3, -0.25) is 4.79 Å². The van der Waals surface area contributed by atoms with Crippen molar-refractivity contribution in [3.63, 3.8) is 0 Å². The third kappa shape index (κ3) is 5.50. The molecule has 0 heterocycles. The summed E-state index contributed by atoms with van der Waals surface area (Å²) in [6, 6.07) is 7.22. The Balaban J connectivity index is 2.51. The number of carbonyl (C=O) groups is 1. The van der Waals surface area contributed by atoms with Crippen LogP contribution in [0.4, 0.5) is 24.5 Å². The van der Waals surface area contributed by atoms with E-state index in [1.165, 1.54) is 0 Å². The number of anilines is 2. The number of carbonyl (C=O) groups excluding carboxylic acids is 1. The molecule has 0 fully saturated rings. The molecule has 4 nitrogen and oxygen atoms in total. The Morgan fingerprint density at radius 3 is 2.47 bits per heavy atom. The molecule has 0 unspecified atom stereocenters. The van der Waals surface area contributed by atoms with Crippen LogP contribution in [-0.4, -0.2) is 39.3 Å². The number of rotatable bonds is 5. The van der Waals surface area contributed by atoms with E-state index in [1.54, 1.807) is 17.4 Å². The minimum absolute atomic E-state index is 0.207. The Kier molecular flexibility index (Phi) is 5.02. The first-order chi connectivity index (χ1) is 8.79. The number of benzene rings is 1. The van der Waals surface area contributed by atoms with Crippen molar-refractivity contribution in [3.8, 4) is 0 Å². The zero-order chi connectivity index (χ0) is 14.5. The topological polar surface area (TPSA) is 44.4 Å². The van der Waals surface area contributed by atoms with Crippen LogP contribution in [0.15, 0.2) is 24.3 Å². The molecule has 106 valence electrons. The monoisotopic (exact) mass is 275 g/mol. The van der Waals surface area contributed by atoms with Crippen LogP contribution in [0.5, 0.6) is 0 Å². The van der Waals surface area contributed by atoms with E-state index < -0.39 is 18.6 Å². The zero-order valence-electron chi connectivity index (χ0n) is 10.7. The summed E-state index contributed by atoms with van der Waals surface area (Å²) < 4.78 is 35.7. The summed E-state index contributed by atoms with van der Waals surface area (Å²) in [6.07, 6.45) is -4.39. The Bertz CT molecular complexity index is 432. The number of nitrogens with zero attached hydrogens (tertiary/aromatic N) is 1. The number of amides is 1. The highest BCUT2D eigenvalue weighted by Gasteiger charge is 2.27. The molecule has 0 aliphatic rings. The van der Waals surface area contributed by atoms with Crippen molar-refractivity contribution in [1.82, 2.24) is 5.32 Å². The van der Waals surface area contributed by atoms with E-state index in [-0.39, 0.29) is 6.54 Å². The van der Waals surface area contributed by atoms with Gasteiger partial charge in [0.2, 0.25) is 5.91 Å². The first kappa shape index (κ1) is 15.1. The van der Waals surface area contributed by atoms with Gasteiger partial charge in [-0.25, -0.2) is 0 Å². The number of hydrogen-bond donors (Lipinski definition) is 2. The van der Waals surface area contributed by atoms with Crippen molar-refractivity contribution in [2.75, 3.05) is 37.4 Å². The Morgan fingerprint density at radius 2 is 1.89 bits per heavy atom. The van der Waals surface area contributed by atoms with E-state index >= 15 is 0 Å². The summed E-state index contributed by atoms with van der Waals surface area (Å²) >= 11 is 0. The van der Waals surface area contributed by atoms with Gasteiger partial charge in [0, 0.05) is 14.1 Å². The van der Waals surface area contributed by atoms with Gasteiger partial charge < -0.3 is 15.5 Å². The predicted octanol–water partition coefficient (Wildman–Crippen LogP) is 1.84. The summed E-state index contributed by atoms with van der Waals surface area (Å²) in [4.78, 5) is 13.1. The van der Waals surface area contributed by atoms with Gasteiger partial charge >= 0.3 is 6.18 Å². The molecule has 0 aromatic heterocycles. The van der Waals surface area contributed by atoms with Crippen LogP contribution in [0.25, 0.3) is 0 Å². The Labute approximate surface area is 109 Å². The number of hydrogen-bond acceptors (Lipinski definition) is 3. The van der Waals surface area contributed by atoms with Gasteiger partial charge in [0.1, 0.15) is 6.54 Å². The van der Waals surface area contributed by atoms with Gasteiger partial charge in [-0.15, -0.1) is 0 Å². The molecule has 0 aliphatic heterocycles. The van der Waals surface area contributed by atoms with Crippen LogP contribution in [0, 0.1) is 0 Å². The molecule has 0 atom stereocenters. The number of halogens is 3. The summed E-state index contributed by atoms with van der Waals surface area (Å²) in [7, 11) is 3.68. The maximum atomic E-state index is 11.9. The quantitative estimate of drug-likeness (QED) is 0.862. The van der Waals surface area contributed by atoms with Gasteiger partial charge in [0.25, 0.3) is 0 Å². The predicted molar refractivity (Wildman–Crippen MR) is 68.3 cm³/mol. The van der Waals surface area contributed by atoms with Crippen molar-refractivity contribution >= 4 is 17.3 Å². The van der Waals surface area contributed by atoms with E-state index in [0.29, 0.717) is 5.69 Å². The van der Waals surface area contributed by atoms with Crippen molar-refractivity contribution in [2.24, 2.45) is 0 Å². The second kappa shape index (κ2) is 6.31. The Hall–Kier alpha value is -1.92. The average molecular weight is 275 g/mol. The summed E-state index contributed by atoms with van der Waals surface area (Å²) in [5, 5.41) is 4.61. The zero-order valence-corrected chi connectivity index (χ0v) is 10.7. The number of para-hydroxylation sites is 2. The summed E-state index contributed by atoms with van der Waals surface area (Å²) in [6.45, 7) is -1.52. The molecule has 0 saturated heterocycles. The number of nitrogens with one attached hydrogen (secondary N) is 2. The lowest BCUT2D eigenvalue weighted by Gasteiger charge is -2.18. The fourth-order valence-electron chi connectivity index (χ4n) is 1.45. The highest BCUT2D eigenvalue weighted by atomic mass is 19.4. The van der Waals surface area contributed by atoms with Crippen LogP contribution in [-0.2, 0) is 4.79 Å². The second-order valence-corrected chi connectivity index (χ2v) is 4.16. The van der Waals surface area contributed by atoms with Gasteiger partial charge in [-0.05, 0) is 12.1 Å². The van der Waals surface area contributed by atoms with Crippen LogP contribution in [0.1, 0.15) is 0 Å². The first-order valence-corrected chi connectivity index (χ1v) is 5.63. The third-order valence-electron chi connectivity index (χ3n) is 2.31. The smallest absolute Gasteiger partial charge is 0.376 e. The lowest BCUT2D eigenvalue weighted by molar-refractivity contribution is -0.137. The summed E-state index contributed by atoms with van der Waals surface area (Å²) in [5.74, 6) is -0.703. The third-order valence-corrected chi connectivity index (χ3v) is 2.31. The standard InChI is InChI=1S/C12H16F3N3O/c1-18(2)10-6-4-3-5-9(10)16-7-11(19)17-8-12(13,14)15/h3-6,16H,7-8H2,1-2H3,(H,17,19). The highest BCUT2D eigenvalue weighted by molar-refractivity contribution is 5.82. The van der Waals surface area contributed by atoms with E-state index in [1.807, 2.05) is 31.1 Å². The largest absolute Gasteiger partial charge is 0.405 e. The van der Waals surface area contributed by atoms with Crippen LogP contribution >= 0.6 is 0 Å². The molecular formula is C12H16F3N3O. The van der Waals surface area contributed by atoms with Crippen molar-refractivity contribution < 1.29 is 18.0 Å². The molecule has 0 radical (unpaired) electrons. The molecule has 1 amide bonds. The van der Waals surface area contributed by atoms with E-state index in [9.17, 15) is 18.0 Å². The average Bonchev–Trinajstić information content (AvgIpc) is 2.33. The molecule has 1 rings (SSSR count). The maximum absolute atomic E-state index is 11.9. The minimum atomic E-state index is -4.39. The molecule has 0 bridgehead atoms. The molecule has 1 aromatic rings. The van der Waals surface area contributed by atoms with Crippen LogP contribution in [0.3, 0.4) is 0 Å². The summed E-state index contributed by atoms with van der Waals surface area (Å²) in [5.41, 5.74) is 1.54. The molecule has 7 heteroatoms.